The minimum atomic E-state index is -1.21. The zero-order valence-corrected chi connectivity index (χ0v) is 40.4. The molecule has 22 heteroatoms. The topological polar surface area (TPSA) is 288 Å². The molecule has 0 atom stereocenters. The van der Waals surface area contributed by atoms with E-state index in [1.54, 1.807) is 106 Å². The third kappa shape index (κ3) is 14.1. The van der Waals surface area contributed by atoms with E-state index in [0.29, 0.717) is 48.7 Å². The number of guanidine groups is 1. The SMILES string of the molecule is CC(C)N(C(=O)OC(C)(C)C)c1nccc(N(CC(=O)N=C(N)N)C(=O)c2ccc3c(c2)CCO3)n1.CC(C)N(C(=O)OC(C)(C)C)c1nccc(N(CC(=O)O)C(=O)c2ccc3c(c2)CCO3)n1. The van der Waals surface area contributed by atoms with Gasteiger partial charge >= 0.3 is 18.2 Å². The summed E-state index contributed by atoms with van der Waals surface area (Å²) >= 11 is 0. The largest absolute Gasteiger partial charge is 0.493 e. The molecule has 4 aromatic rings. The molecule has 2 aliphatic heterocycles. The van der Waals surface area contributed by atoms with Gasteiger partial charge in [0.2, 0.25) is 11.9 Å². The summed E-state index contributed by atoms with van der Waals surface area (Å²) in [5.41, 5.74) is 11.6. The fourth-order valence-corrected chi connectivity index (χ4v) is 6.79. The predicted octanol–water partition coefficient (Wildman–Crippen LogP) is 5.30. The summed E-state index contributed by atoms with van der Waals surface area (Å²) in [6.07, 6.45) is 2.80. The standard InChI is InChI=1S/C24H31N7O5.C23H28N4O6/c1-14(2)31(23(34)36-24(3,4)5)22-27-10-8-18(28-22)30(13-19(32)29-21(25)26)20(33)16-6-7-17-15(12-16)9-11-35-17;1-14(2)27(22(31)33-23(3,4)5)21-24-10-8-18(25-21)26(13-19(28)29)20(30)16-6-7-17-15(12-16)9-11-32-17/h6-8,10,12,14H,9,11,13H2,1-5H3,(H4,25,26,29,32);6-8,10,12,14H,9,11,13H2,1-5H3,(H,28,29). The van der Waals surface area contributed by atoms with Crippen molar-refractivity contribution in [1.29, 1.82) is 0 Å². The molecule has 69 heavy (non-hydrogen) atoms. The summed E-state index contributed by atoms with van der Waals surface area (Å²) < 4.78 is 21.9. The van der Waals surface area contributed by atoms with Gasteiger partial charge in [-0.25, -0.2) is 29.4 Å². The van der Waals surface area contributed by atoms with Crippen molar-refractivity contribution in [2.24, 2.45) is 16.5 Å². The molecule has 0 unspecified atom stereocenters. The predicted molar refractivity (Wildman–Crippen MR) is 255 cm³/mol. The molecule has 5 N–H and O–H groups in total. The van der Waals surface area contributed by atoms with Crippen LogP contribution in [0.2, 0.25) is 0 Å². The highest BCUT2D eigenvalue weighted by Gasteiger charge is 2.32. The quantitative estimate of drug-likeness (QED) is 0.120. The van der Waals surface area contributed by atoms with Gasteiger partial charge in [0.25, 0.3) is 17.7 Å². The first-order chi connectivity index (χ1) is 32.3. The maximum absolute atomic E-state index is 13.6. The number of benzene rings is 2. The molecule has 2 aliphatic rings. The lowest BCUT2D eigenvalue weighted by molar-refractivity contribution is -0.135. The Morgan fingerprint density at radius 1 is 0.667 bits per heavy atom. The molecule has 0 aliphatic carbocycles. The molecule has 5 amide bonds. The number of carbonyl (C=O) groups excluding carboxylic acids is 5. The van der Waals surface area contributed by atoms with E-state index in [-0.39, 0.29) is 35.6 Å². The average molecular weight is 954 g/mol. The van der Waals surface area contributed by atoms with Crippen molar-refractivity contribution in [1.82, 2.24) is 19.9 Å². The lowest BCUT2D eigenvalue weighted by atomic mass is 10.1. The smallest absolute Gasteiger partial charge is 0.417 e. The minimum absolute atomic E-state index is 0.00212. The fraction of sp³-hybridized carbons (Fsp3) is 0.426. The average Bonchev–Trinajstić information content (AvgIpc) is 3.92. The molecule has 0 fully saturated rings. The number of anilines is 4. The number of nitrogens with two attached hydrogens (primary N) is 2. The first-order valence-electron chi connectivity index (χ1n) is 22.0. The number of hydrogen-bond acceptors (Lipinski definition) is 14. The molecule has 22 nitrogen and oxygen atoms in total. The molecule has 2 aromatic heterocycles. The summed E-state index contributed by atoms with van der Waals surface area (Å²) in [5, 5.41) is 9.44. The molecule has 0 spiro atoms. The van der Waals surface area contributed by atoms with Crippen LogP contribution in [0, 0.1) is 0 Å². The van der Waals surface area contributed by atoms with Crippen LogP contribution in [0.15, 0.2) is 65.9 Å². The summed E-state index contributed by atoms with van der Waals surface area (Å²) in [6, 6.07) is 12.2. The van der Waals surface area contributed by atoms with Gasteiger partial charge in [0.15, 0.2) is 5.96 Å². The number of aliphatic imine (C=N–C) groups is 1. The van der Waals surface area contributed by atoms with Crippen molar-refractivity contribution in [3.63, 3.8) is 0 Å². The van der Waals surface area contributed by atoms with Crippen molar-refractivity contribution in [2.75, 3.05) is 45.9 Å². The van der Waals surface area contributed by atoms with Gasteiger partial charge in [-0.1, -0.05) is 0 Å². The Balaban J connectivity index is 0.000000258. The summed E-state index contributed by atoms with van der Waals surface area (Å²) in [4.78, 5) is 102. The summed E-state index contributed by atoms with van der Waals surface area (Å²) in [6.45, 7) is 17.5. The van der Waals surface area contributed by atoms with E-state index < -0.39 is 66.1 Å². The number of carboxylic acid groups (broad SMARTS) is 1. The van der Waals surface area contributed by atoms with Crippen LogP contribution in [0.5, 0.6) is 11.5 Å². The van der Waals surface area contributed by atoms with Crippen LogP contribution in [0.3, 0.4) is 0 Å². The van der Waals surface area contributed by atoms with Gasteiger partial charge in [-0.2, -0.15) is 15.0 Å². The Kier molecular flexibility index (Phi) is 16.5. The highest BCUT2D eigenvalue weighted by atomic mass is 16.6. The number of nitrogens with zero attached hydrogens (tertiary/aromatic N) is 9. The summed E-state index contributed by atoms with van der Waals surface area (Å²) in [7, 11) is 0. The molecule has 2 aromatic carbocycles. The van der Waals surface area contributed by atoms with Crippen molar-refractivity contribution in [3.05, 3.63) is 83.2 Å². The van der Waals surface area contributed by atoms with E-state index >= 15 is 0 Å². The Bertz CT molecular complexity index is 2600. The molecular weight excluding hydrogens is 895 g/mol. The number of amides is 5. The Morgan fingerprint density at radius 2 is 1.07 bits per heavy atom. The fourth-order valence-electron chi connectivity index (χ4n) is 6.79. The van der Waals surface area contributed by atoms with Crippen LogP contribution < -0.4 is 40.5 Å². The zero-order chi connectivity index (χ0) is 51.0. The Labute approximate surface area is 399 Å². The van der Waals surface area contributed by atoms with Gasteiger partial charge in [-0.05, 0) is 129 Å². The molecule has 6 rings (SSSR count). The maximum Gasteiger partial charge on any atom is 0.417 e. The Hall–Kier alpha value is -7.91. The second kappa shape index (κ2) is 21.8. The summed E-state index contributed by atoms with van der Waals surface area (Å²) in [5.74, 6) is -1.87. The minimum Gasteiger partial charge on any atom is -0.493 e. The highest BCUT2D eigenvalue weighted by Crippen LogP contribution is 2.30. The number of ether oxygens (including phenoxy) is 4. The van der Waals surface area contributed by atoms with E-state index in [1.165, 1.54) is 34.3 Å². The van der Waals surface area contributed by atoms with E-state index in [9.17, 15) is 33.9 Å². The number of carboxylic acids is 1. The van der Waals surface area contributed by atoms with Crippen LogP contribution in [-0.2, 0) is 31.9 Å². The molecule has 0 radical (unpaired) electrons. The van der Waals surface area contributed by atoms with Gasteiger partial charge in [-0.3, -0.25) is 29.0 Å². The molecule has 368 valence electrons. The molecule has 4 heterocycles. The third-order valence-electron chi connectivity index (χ3n) is 9.66. The second-order valence-corrected chi connectivity index (χ2v) is 18.3. The number of aliphatic carboxylic acids is 1. The van der Waals surface area contributed by atoms with Crippen LogP contribution in [0.25, 0.3) is 0 Å². The van der Waals surface area contributed by atoms with Crippen molar-refractivity contribution in [2.45, 2.75) is 105 Å². The van der Waals surface area contributed by atoms with Crippen molar-refractivity contribution in [3.8, 4) is 11.5 Å². The van der Waals surface area contributed by atoms with Crippen LogP contribution in [0.4, 0.5) is 33.1 Å². The number of carbonyl (C=O) groups is 6. The van der Waals surface area contributed by atoms with E-state index in [1.807, 2.05) is 0 Å². The Morgan fingerprint density at radius 3 is 1.43 bits per heavy atom. The molecule has 0 saturated heterocycles. The number of aromatic nitrogens is 4. The normalized spacial score (nSPS) is 12.5. The lowest BCUT2D eigenvalue weighted by Crippen LogP contribution is -2.42. The van der Waals surface area contributed by atoms with Gasteiger partial charge in [-0.15, -0.1) is 0 Å². The van der Waals surface area contributed by atoms with E-state index in [4.69, 9.17) is 30.4 Å². The first-order valence-corrected chi connectivity index (χ1v) is 22.0. The van der Waals surface area contributed by atoms with Crippen molar-refractivity contribution < 1.29 is 52.8 Å². The number of rotatable bonds is 12. The number of fused-ring (bicyclic) bond motifs is 2. The molecule has 0 bridgehead atoms. The zero-order valence-electron chi connectivity index (χ0n) is 40.4. The van der Waals surface area contributed by atoms with Crippen LogP contribution in [0.1, 0.15) is 101 Å². The maximum atomic E-state index is 13.6. The van der Waals surface area contributed by atoms with Crippen LogP contribution >= 0.6 is 0 Å². The van der Waals surface area contributed by atoms with Gasteiger partial charge in [0.05, 0.1) is 13.2 Å². The first kappa shape index (κ1) is 52.1. The van der Waals surface area contributed by atoms with E-state index in [2.05, 4.69) is 24.9 Å². The van der Waals surface area contributed by atoms with E-state index in [0.717, 1.165) is 20.9 Å². The van der Waals surface area contributed by atoms with Gasteiger partial charge in [0.1, 0.15) is 47.4 Å². The van der Waals surface area contributed by atoms with Crippen LogP contribution in [-0.4, -0.2) is 116 Å². The lowest BCUT2D eigenvalue weighted by Gasteiger charge is -2.29. The van der Waals surface area contributed by atoms with Gasteiger partial charge in [0, 0.05) is 48.4 Å². The molecular formula is C47H59N11O11. The highest BCUT2D eigenvalue weighted by molar-refractivity contribution is 6.10. The molecule has 0 saturated carbocycles. The number of hydrogen-bond donors (Lipinski definition) is 3. The van der Waals surface area contributed by atoms with Crippen molar-refractivity contribution >= 4 is 65.4 Å². The van der Waals surface area contributed by atoms with Gasteiger partial charge < -0.3 is 35.5 Å². The second-order valence-electron chi connectivity index (χ2n) is 18.3. The monoisotopic (exact) mass is 953 g/mol. The third-order valence-corrected chi connectivity index (χ3v) is 9.66.